The molecule has 0 atom stereocenters. The van der Waals surface area contributed by atoms with Crippen LogP contribution in [0.4, 0.5) is 6.01 Å². The number of hydrogen-bond donors (Lipinski definition) is 1. The maximum Gasteiger partial charge on any atom is 0.315 e. The smallest absolute Gasteiger partial charge is 0.315 e. The standard InChI is InChI=1S/C19H25N5O2/c1-23-9-6-15-4-5-16(14-17(15)23)18-21-22-19(26-18)20-7-2-3-8-24-10-12-25-13-11-24/h4-6,9,14H,2-3,7-8,10-13H2,1H3,(H,20,22). The lowest BCUT2D eigenvalue weighted by Crippen LogP contribution is -2.36. The number of rotatable bonds is 7. The van der Waals surface area contributed by atoms with Crippen molar-refractivity contribution in [2.75, 3.05) is 44.7 Å². The van der Waals surface area contributed by atoms with E-state index in [0.29, 0.717) is 11.9 Å². The topological polar surface area (TPSA) is 68.4 Å². The second-order valence-electron chi connectivity index (χ2n) is 6.70. The molecular weight excluding hydrogens is 330 g/mol. The van der Waals surface area contributed by atoms with Crippen molar-refractivity contribution in [1.29, 1.82) is 0 Å². The zero-order valence-corrected chi connectivity index (χ0v) is 15.1. The molecule has 1 aromatic carbocycles. The summed E-state index contributed by atoms with van der Waals surface area (Å²) in [4.78, 5) is 2.45. The molecule has 1 N–H and O–H groups in total. The van der Waals surface area contributed by atoms with Gasteiger partial charge in [0, 0.05) is 44.0 Å². The summed E-state index contributed by atoms with van der Waals surface area (Å²) in [6, 6.07) is 8.75. The van der Waals surface area contributed by atoms with Gasteiger partial charge in [-0.05, 0) is 43.0 Å². The molecule has 1 fully saturated rings. The fourth-order valence-corrected chi connectivity index (χ4v) is 3.29. The van der Waals surface area contributed by atoms with Gasteiger partial charge in [0.1, 0.15) is 0 Å². The molecule has 7 nitrogen and oxygen atoms in total. The molecule has 138 valence electrons. The van der Waals surface area contributed by atoms with Crippen LogP contribution < -0.4 is 5.32 Å². The number of hydrogen-bond acceptors (Lipinski definition) is 6. The summed E-state index contributed by atoms with van der Waals surface area (Å²) in [5.41, 5.74) is 2.09. The van der Waals surface area contributed by atoms with Crippen LogP contribution in [-0.4, -0.2) is 59.1 Å². The largest absolute Gasteiger partial charge is 0.403 e. The van der Waals surface area contributed by atoms with Gasteiger partial charge >= 0.3 is 6.01 Å². The molecule has 0 radical (unpaired) electrons. The Morgan fingerprint density at radius 1 is 1.12 bits per heavy atom. The highest BCUT2D eigenvalue weighted by Gasteiger charge is 2.11. The SMILES string of the molecule is Cn1ccc2ccc(-c3nnc(NCCCCN4CCOCC4)o3)cc21. The number of ether oxygens (including phenoxy) is 1. The average Bonchev–Trinajstić information content (AvgIpc) is 3.29. The van der Waals surface area contributed by atoms with E-state index in [1.807, 2.05) is 19.3 Å². The minimum absolute atomic E-state index is 0.485. The number of morpholine rings is 1. The third-order valence-corrected chi connectivity index (χ3v) is 4.84. The van der Waals surface area contributed by atoms with Gasteiger partial charge in [0.15, 0.2) is 0 Å². The minimum Gasteiger partial charge on any atom is -0.403 e. The van der Waals surface area contributed by atoms with Crippen molar-refractivity contribution in [3.05, 3.63) is 30.5 Å². The molecule has 1 aliphatic heterocycles. The summed E-state index contributed by atoms with van der Waals surface area (Å²) in [7, 11) is 2.03. The van der Waals surface area contributed by atoms with Gasteiger partial charge in [-0.3, -0.25) is 4.90 Å². The van der Waals surface area contributed by atoms with Gasteiger partial charge in [0.05, 0.1) is 13.2 Å². The highest BCUT2D eigenvalue weighted by Crippen LogP contribution is 2.24. The van der Waals surface area contributed by atoms with E-state index in [1.54, 1.807) is 0 Å². The van der Waals surface area contributed by atoms with Crippen molar-refractivity contribution < 1.29 is 9.15 Å². The van der Waals surface area contributed by atoms with Crippen molar-refractivity contribution in [1.82, 2.24) is 19.7 Å². The fraction of sp³-hybridized carbons (Fsp3) is 0.474. The van der Waals surface area contributed by atoms with Crippen LogP contribution >= 0.6 is 0 Å². The molecule has 3 aromatic rings. The minimum atomic E-state index is 0.485. The Hall–Kier alpha value is -2.38. The monoisotopic (exact) mass is 355 g/mol. The van der Waals surface area contributed by atoms with Crippen molar-refractivity contribution in [3.8, 4) is 11.5 Å². The summed E-state index contributed by atoms with van der Waals surface area (Å²) in [6.07, 6.45) is 4.27. The summed E-state index contributed by atoms with van der Waals surface area (Å²) < 4.78 is 13.2. The Labute approximate surface area is 152 Å². The third kappa shape index (κ3) is 3.89. The van der Waals surface area contributed by atoms with E-state index in [0.717, 1.165) is 63.3 Å². The number of nitrogens with one attached hydrogen (secondary N) is 1. The maximum absolute atomic E-state index is 5.76. The van der Waals surface area contributed by atoms with Crippen LogP contribution in [0.3, 0.4) is 0 Å². The van der Waals surface area contributed by atoms with Crippen molar-refractivity contribution in [2.45, 2.75) is 12.8 Å². The van der Waals surface area contributed by atoms with E-state index < -0.39 is 0 Å². The van der Waals surface area contributed by atoms with Gasteiger partial charge in [0.2, 0.25) is 5.89 Å². The zero-order chi connectivity index (χ0) is 17.8. The molecule has 4 rings (SSSR count). The molecule has 0 amide bonds. The number of anilines is 1. The molecule has 0 bridgehead atoms. The Morgan fingerprint density at radius 3 is 2.88 bits per heavy atom. The van der Waals surface area contributed by atoms with Gasteiger partial charge < -0.3 is 19.0 Å². The Kier molecular flexibility index (Phi) is 5.17. The van der Waals surface area contributed by atoms with Crippen LogP contribution in [0.25, 0.3) is 22.4 Å². The van der Waals surface area contributed by atoms with E-state index in [1.165, 1.54) is 5.39 Å². The number of nitrogens with zero attached hydrogens (tertiary/aromatic N) is 4. The Morgan fingerprint density at radius 2 is 2.00 bits per heavy atom. The quantitative estimate of drug-likeness (QED) is 0.657. The van der Waals surface area contributed by atoms with E-state index in [4.69, 9.17) is 9.15 Å². The highest BCUT2D eigenvalue weighted by molar-refractivity contribution is 5.84. The normalized spacial score (nSPS) is 15.6. The van der Waals surface area contributed by atoms with Crippen LogP contribution in [0.2, 0.25) is 0 Å². The number of aromatic nitrogens is 3. The number of benzene rings is 1. The first-order valence-corrected chi connectivity index (χ1v) is 9.22. The molecular formula is C19H25N5O2. The van der Waals surface area contributed by atoms with E-state index in [9.17, 15) is 0 Å². The maximum atomic E-state index is 5.76. The summed E-state index contributed by atoms with van der Waals surface area (Å²) >= 11 is 0. The lowest BCUT2D eigenvalue weighted by Gasteiger charge is -2.26. The van der Waals surface area contributed by atoms with Crippen LogP contribution in [0.5, 0.6) is 0 Å². The number of unbranched alkanes of at least 4 members (excludes halogenated alkanes) is 1. The average molecular weight is 355 g/mol. The molecule has 3 heterocycles. The van der Waals surface area contributed by atoms with Crippen LogP contribution in [0, 0.1) is 0 Å². The van der Waals surface area contributed by atoms with Gasteiger partial charge in [0.25, 0.3) is 0 Å². The molecule has 0 aliphatic carbocycles. The summed E-state index contributed by atoms with van der Waals surface area (Å²) in [6.45, 7) is 5.77. The molecule has 1 aliphatic rings. The van der Waals surface area contributed by atoms with Gasteiger partial charge in [-0.15, -0.1) is 5.10 Å². The van der Waals surface area contributed by atoms with E-state index >= 15 is 0 Å². The number of fused-ring (bicyclic) bond motifs is 1. The fourth-order valence-electron chi connectivity index (χ4n) is 3.29. The Balaban J connectivity index is 1.28. The van der Waals surface area contributed by atoms with Crippen molar-refractivity contribution in [3.63, 3.8) is 0 Å². The highest BCUT2D eigenvalue weighted by atomic mass is 16.5. The summed E-state index contributed by atoms with van der Waals surface area (Å²) in [5, 5.41) is 12.7. The van der Waals surface area contributed by atoms with Crippen LogP contribution in [-0.2, 0) is 11.8 Å². The van der Waals surface area contributed by atoms with Gasteiger partial charge in [-0.25, -0.2) is 0 Å². The molecule has 0 unspecified atom stereocenters. The zero-order valence-electron chi connectivity index (χ0n) is 15.1. The van der Waals surface area contributed by atoms with Gasteiger partial charge in [-0.1, -0.05) is 11.2 Å². The Bertz CT molecular complexity index is 851. The lowest BCUT2D eigenvalue weighted by atomic mass is 10.1. The van der Waals surface area contributed by atoms with Gasteiger partial charge in [-0.2, -0.15) is 0 Å². The molecule has 1 saturated heterocycles. The molecule has 0 saturated carbocycles. The number of aryl methyl sites for hydroxylation is 1. The van der Waals surface area contributed by atoms with E-state index in [-0.39, 0.29) is 0 Å². The first-order valence-electron chi connectivity index (χ1n) is 9.22. The van der Waals surface area contributed by atoms with E-state index in [2.05, 4.69) is 43.2 Å². The molecule has 26 heavy (non-hydrogen) atoms. The molecule has 0 spiro atoms. The van der Waals surface area contributed by atoms with Crippen molar-refractivity contribution >= 4 is 16.9 Å². The molecule has 7 heteroatoms. The lowest BCUT2D eigenvalue weighted by molar-refractivity contribution is 0.0373. The second kappa shape index (κ2) is 7.88. The first kappa shape index (κ1) is 17.1. The van der Waals surface area contributed by atoms with Crippen LogP contribution in [0.15, 0.2) is 34.9 Å². The van der Waals surface area contributed by atoms with Crippen LogP contribution in [0.1, 0.15) is 12.8 Å². The predicted molar refractivity (Wildman–Crippen MR) is 101 cm³/mol. The third-order valence-electron chi connectivity index (χ3n) is 4.84. The second-order valence-corrected chi connectivity index (χ2v) is 6.70. The predicted octanol–water partition coefficient (Wildman–Crippen LogP) is 2.75. The first-order chi connectivity index (χ1) is 12.8. The molecule has 2 aromatic heterocycles. The van der Waals surface area contributed by atoms with Crippen molar-refractivity contribution in [2.24, 2.45) is 7.05 Å². The summed E-state index contributed by atoms with van der Waals surface area (Å²) in [5.74, 6) is 0.545.